The van der Waals surface area contributed by atoms with E-state index in [2.05, 4.69) is 10.1 Å². The van der Waals surface area contributed by atoms with Gasteiger partial charge in [-0.2, -0.15) is 5.10 Å². The van der Waals surface area contributed by atoms with Crippen LogP contribution < -0.4 is 0 Å². The minimum Gasteiger partial charge on any atom is -0.481 e. The Bertz CT molecular complexity index is 787. The van der Waals surface area contributed by atoms with Crippen LogP contribution in [-0.4, -0.2) is 63.0 Å². The monoisotopic (exact) mass is 362 g/mol. The van der Waals surface area contributed by atoms with Crippen LogP contribution in [0, 0.1) is 12.8 Å². The number of fused-ring (bicyclic) bond motifs is 1. The van der Waals surface area contributed by atoms with Crippen LogP contribution in [0.5, 0.6) is 0 Å². The molecule has 2 heterocycles. The number of carboxylic acids is 1. The van der Waals surface area contributed by atoms with Gasteiger partial charge in [0.25, 0.3) is 5.91 Å². The summed E-state index contributed by atoms with van der Waals surface area (Å²) in [7, 11) is 1.80. The van der Waals surface area contributed by atoms with E-state index in [0.29, 0.717) is 37.4 Å². The Hall–Kier alpha value is -2.48. The van der Waals surface area contributed by atoms with Gasteiger partial charge in [0.15, 0.2) is 5.65 Å². The van der Waals surface area contributed by atoms with Gasteiger partial charge < -0.3 is 14.7 Å². The fourth-order valence-corrected chi connectivity index (χ4v) is 2.79. The van der Waals surface area contributed by atoms with E-state index in [0.717, 1.165) is 11.1 Å². The number of carbonyl (C=O) groups excluding carboxylic acids is 1. The highest BCUT2D eigenvalue weighted by atomic mass is 16.5. The number of carboxylic acid groups (broad SMARTS) is 1. The van der Waals surface area contributed by atoms with Crippen molar-refractivity contribution in [3.8, 4) is 0 Å². The standard InChI is InChI=1S/C18H26N4O4/c1-5-26-8-6-7-22(11-12(2)18(24)25)17(23)14-9-15-13(3)20-21(4)16(15)19-10-14/h9-10,12H,5-8,11H2,1-4H3,(H,24,25). The zero-order chi connectivity index (χ0) is 19.3. The molecule has 1 unspecified atom stereocenters. The first-order valence-corrected chi connectivity index (χ1v) is 8.74. The molecule has 142 valence electrons. The van der Waals surface area contributed by atoms with E-state index >= 15 is 0 Å². The first-order chi connectivity index (χ1) is 12.3. The Morgan fingerprint density at radius 1 is 1.42 bits per heavy atom. The van der Waals surface area contributed by atoms with Crippen LogP contribution >= 0.6 is 0 Å². The Morgan fingerprint density at radius 2 is 2.15 bits per heavy atom. The van der Waals surface area contributed by atoms with Crippen molar-refractivity contribution in [2.24, 2.45) is 13.0 Å². The molecule has 0 aromatic carbocycles. The molecule has 1 N–H and O–H groups in total. The number of carbonyl (C=O) groups is 2. The normalized spacial score (nSPS) is 12.3. The summed E-state index contributed by atoms with van der Waals surface area (Å²) in [5, 5.41) is 14.3. The van der Waals surface area contributed by atoms with Crippen molar-refractivity contribution in [3.63, 3.8) is 0 Å². The van der Waals surface area contributed by atoms with Crippen molar-refractivity contribution in [2.45, 2.75) is 27.2 Å². The van der Waals surface area contributed by atoms with E-state index < -0.39 is 11.9 Å². The minimum atomic E-state index is -0.927. The quantitative estimate of drug-likeness (QED) is 0.684. The molecule has 0 aliphatic carbocycles. The predicted molar refractivity (Wildman–Crippen MR) is 97.1 cm³/mol. The largest absolute Gasteiger partial charge is 0.481 e. The van der Waals surface area contributed by atoms with Crippen LogP contribution in [0.2, 0.25) is 0 Å². The summed E-state index contributed by atoms with van der Waals surface area (Å²) in [4.78, 5) is 30.1. The molecule has 26 heavy (non-hydrogen) atoms. The van der Waals surface area contributed by atoms with Crippen LogP contribution in [0.3, 0.4) is 0 Å². The van der Waals surface area contributed by atoms with Gasteiger partial charge in [-0.3, -0.25) is 14.3 Å². The molecule has 0 aliphatic heterocycles. The topological polar surface area (TPSA) is 97.6 Å². The van der Waals surface area contributed by atoms with Gasteiger partial charge in [-0.15, -0.1) is 0 Å². The highest BCUT2D eigenvalue weighted by molar-refractivity contribution is 5.97. The average Bonchev–Trinajstić information content (AvgIpc) is 2.90. The van der Waals surface area contributed by atoms with Crippen molar-refractivity contribution >= 4 is 22.9 Å². The van der Waals surface area contributed by atoms with Crippen molar-refractivity contribution in [1.82, 2.24) is 19.7 Å². The number of pyridine rings is 1. The zero-order valence-electron chi connectivity index (χ0n) is 15.7. The molecule has 8 nitrogen and oxygen atoms in total. The number of aryl methyl sites for hydroxylation is 2. The summed E-state index contributed by atoms with van der Waals surface area (Å²) >= 11 is 0. The molecule has 0 aliphatic rings. The molecule has 2 aromatic rings. The molecule has 8 heteroatoms. The molecular weight excluding hydrogens is 336 g/mol. The lowest BCUT2D eigenvalue weighted by molar-refractivity contribution is -0.141. The van der Waals surface area contributed by atoms with E-state index in [1.165, 1.54) is 6.20 Å². The average molecular weight is 362 g/mol. The van der Waals surface area contributed by atoms with Crippen LogP contribution in [0.1, 0.15) is 36.3 Å². The number of rotatable bonds is 9. The Labute approximate surface area is 152 Å². The molecular formula is C18H26N4O4. The Kier molecular flexibility index (Phi) is 6.68. The maximum atomic E-state index is 13.0. The fraction of sp³-hybridized carbons (Fsp3) is 0.556. The molecule has 2 aromatic heterocycles. The molecule has 1 atom stereocenters. The van der Waals surface area contributed by atoms with Crippen molar-refractivity contribution in [1.29, 1.82) is 0 Å². The molecule has 0 bridgehead atoms. The highest BCUT2D eigenvalue weighted by Gasteiger charge is 2.22. The van der Waals surface area contributed by atoms with Gasteiger partial charge in [0.1, 0.15) is 0 Å². The SMILES string of the molecule is CCOCCCN(CC(C)C(=O)O)C(=O)c1cnc2c(c1)c(C)nn2C. The summed E-state index contributed by atoms with van der Waals surface area (Å²) in [5.74, 6) is -1.81. The number of hydrogen-bond donors (Lipinski definition) is 1. The molecule has 2 rings (SSSR count). The van der Waals surface area contributed by atoms with E-state index in [1.54, 1.807) is 29.6 Å². The Balaban J connectivity index is 2.23. The summed E-state index contributed by atoms with van der Waals surface area (Å²) in [6.45, 7) is 7.08. The third-order valence-electron chi connectivity index (χ3n) is 4.23. The van der Waals surface area contributed by atoms with Gasteiger partial charge in [-0.05, 0) is 26.3 Å². The van der Waals surface area contributed by atoms with Gasteiger partial charge in [-0.1, -0.05) is 6.92 Å². The minimum absolute atomic E-state index is 0.143. The van der Waals surface area contributed by atoms with Gasteiger partial charge in [0.2, 0.25) is 0 Å². The maximum Gasteiger partial charge on any atom is 0.308 e. The number of amides is 1. The van der Waals surface area contributed by atoms with Crippen LogP contribution in [0.25, 0.3) is 11.0 Å². The summed E-state index contributed by atoms with van der Waals surface area (Å²) < 4.78 is 6.99. The molecule has 0 saturated heterocycles. The van der Waals surface area contributed by atoms with E-state index in [-0.39, 0.29) is 12.5 Å². The van der Waals surface area contributed by atoms with E-state index in [4.69, 9.17) is 4.74 Å². The van der Waals surface area contributed by atoms with Crippen molar-refractivity contribution < 1.29 is 19.4 Å². The molecule has 0 fully saturated rings. The number of aliphatic carboxylic acids is 1. The number of nitrogens with zero attached hydrogens (tertiary/aromatic N) is 4. The van der Waals surface area contributed by atoms with Crippen molar-refractivity contribution in [3.05, 3.63) is 23.5 Å². The van der Waals surface area contributed by atoms with Gasteiger partial charge in [-0.25, -0.2) is 4.98 Å². The molecule has 0 saturated carbocycles. The third-order valence-corrected chi connectivity index (χ3v) is 4.23. The molecule has 1 amide bonds. The first kappa shape index (κ1) is 19.8. The second-order valence-electron chi connectivity index (χ2n) is 6.35. The Morgan fingerprint density at radius 3 is 2.81 bits per heavy atom. The lowest BCUT2D eigenvalue weighted by Crippen LogP contribution is -2.38. The molecule has 0 spiro atoms. The van der Waals surface area contributed by atoms with E-state index in [9.17, 15) is 14.7 Å². The second-order valence-corrected chi connectivity index (χ2v) is 6.35. The lowest BCUT2D eigenvalue weighted by Gasteiger charge is -2.24. The van der Waals surface area contributed by atoms with Crippen LogP contribution in [0.15, 0.2) is 12.3 Å². The first-order valence-electron chi connectivity index (χ1n) is 8.74. The lowest BCUT2D eigenvalue weighted by atomic mass is 10.1. The van der Waals surface area contributed by atoms with Crippen molar-refractivity contribution in [2.75, 3.05) is 26.3 Å². The predicted octanol–water partition coefficient (Wildman–Crippen LogP) is 1.87. The van der Waals surface area contributed by atoms with E-state index in [1.807, 2.05) is 13.8 Å². The van der Waals surface area contributed by atoms with Gasteiger partial charge in [0.05, 0.1) is 17.2 Å². The summed E-state index contributed by atoms with van der Waals surface area (Å²) in [5.41, 5.74) is 1.94. The van der Waals surface area contributed by atoms with Gasteiger partial charge >= 0.3 is 5.97 Å². The second kappa shape index (κ2) is 8.75. The van der Waals surface area contributed by atoms with Crippen LogP contribution in [0.4, 0.5) is 0 Å². The third kappa shape index (κ3) is 4.57. The summed E-state index contributed by atoms with van der Waals surface area (Å²) in [6, 6.07) is 1.77. The number of aromatic nitrogens is 3. The smallest absolute Gasteiger partial charge is 0.308 e. The number of ether oxygens (including phenoxy) is 1. The zero-order valence-corrected chi connectivity index (χ0v) is 15.7. The summed E-state index contributed by atoms with van der Waals surface area (Å²) in [6.07, 6.45) is 2.17. The van der Waals surface area contributed by atoms with Crippen LogP contribution in [-0.2, 0) is 16.6 Å². The highest BCUT2D eigenvalue weighted by Crippen LogP contribution is 2.18. The maximum absolute atomic E-state index is 13.0. The molecule has 0 radical (unpaired) electrons. The van der Waals surface area contributed by atoms with Gasteiger partial charge in [0, 0.05) is 44.9 Å². The fourth-order valence-electron chi connectivity index (χ4n) is 2.79. The number of hydrogen-bond acceptors (Lipinski definition) is 5.